The van der Waals surface area contributed by atoms with E-state index in [0.29, 0.717) is 23.1 Å². The minimum atomic E-state index is 0.509. The molecular formula is C22H17N5O2. The van der Waals surface area contributed by atoms with Gasteiger partial charge < -0.3 is 9.47 Å². The van der Waals surface area contributed by atoms with E-state index in [1.54, 1.807) is 26.7 Å². The maximum Gasteiger partial charge on any atom is 0.238 e. The van der Waals surface area contributed by atoms with Crippen molar-refractivity contribution in [3.63, 3.8) is 0 Å². The number of aromatic nitrogens is 5. The van der Waals surface area contributed by atoms with Crippen LogP contribution in [0.4, 0.5) is 0 Å². The fourth-order valence-corrected chi connectivity index (χ4v) is 3.38. The van der Waals surface area contributed by atoms with Gasteiger partial charge in [0.05, 0.1) is 30.9 Å². The Labute approximate surface area is 166 Å². The van der Waals surface area contributed by atoms with Gasteiger partial charge in [0.2, 0.25) is 5.95 Å². The van der Waals surface area contributed by atoms with Crippen molar-refractivity contribution in [2.75, 3.05) is 14.2 Å². The molecule has 29 heavy (non-hydrogen) atoms. The van der Waals surface area contributed by atoms with Gasteiger partial charge >= 0.3 is 0 Å². The zero-order chi connectivity index (χ0) is 19.8. The van der Waals surface area contributed by atoms with E-state index in [0.717, 1.165) is 27.7 Å². The maximum atomic E-state index is 5.47. The maximum absolute atomic E-state index is 5.47. The first-order valence-corrected chi connectivity index (χ1v) is 9.06. The number of pyridine rings is 1. The standard InChI is InChI=1S/C22H17N5O2/c1-28-18-10-9-14(12-19(18)29-2)20-15-6-5-11-23-21(15)26-22(25-20)27-13-24-16-7-3-4-8-17(16)27/h3-13H,1-2H3. The van der Waals surface area contributed by atoms with Gasteiger partial charge in [-0.05, 0) is 42.5 Å². The van der Waals surface area contributed by atoms with Gasteiger partial charge in [-0.3, -0.25) is 4.57 Å². The van der Waals surface area contributed by atoms with Crippen molar-refractivity contribution in [1.29, 1.82) is 0 Å². The predicted octanol–water partition coefficient (Wildman–Crippen LogP) is 4.05. The number of methoxy groups -OCH3 is 2. The fraction of sp³-hybridized carbons (Fsp3) is 0.0909. The lowest BCUT2D eigenvalue weighted by atomic mass is 10.1. The number of hydrogen-bond acceptors (Lipinski definition) is 6. The molecule has 142 valence electrons. The highest BCUT2D eigenvalue weighted by atomic mass is 16.5. The van der Waals surface area contributed by atoms with E-state index in [1.165, 1.54) is 0 Å². The number of para-hydroxylation sites is 2. The second-order valence-electron chi connectivity index (χ2n) is 6.42. The van der Waals surface area contributed by atoms with Crippen LogP contribution in [0.3, 0.4) is 0 Å². The Morgan fingerprint density at radius 1 is 0.828 bits per heavy atom. The van der Waals surface area contributed by atoms with Gasteiger partial charge in [0, 0.05) is 17.1 Å². The van der Waals surface area contributed by atoms with Gasteiger partial charge in [-0.1, -0.05) is 12.1 Å². The number of nitrogens with zero attached hydrogens (tertiary/aromatic N) is 5. The molecule has 0 fully saturated rings. The van der Waals surface area contributed by atoms with Gasteiger partial charge in [0.1, 0.15) is 6.33 Å². The second kappa shape index (κ2) is 6.87. The molecule has 5 rings (SSSR count). The van der Waals surface area contributed by atoms with Crippen molar-refractivity contribution in [3.05, 3.63) is 67.1 Å². The molecule has 0 saturated heterocycles. The molecule has 0 spiro atoms. The molecule has 5 aromatic rings. The lowest BCUT2D eigenvalue weighted by Gasteiger charge is -2.12. The number of benzene rings is 2. The summed E-state index contributed by atoms with van der Waals surface area (Å²) in [5.41, 5.74) is 4.07. The highest BCUT2D eigenvalue weighted by molar-refractivity contribution is 5.91. The average Bonchev–Trinajstić information content (AvgIpc) is 3.22. The Morgan fingerprint density at radius 2 is 1.69 bits per heavy atom. The molecule has 3 aromatic heterocycles. The number of imidazole rings is 1. The van der Waals surface area contributed by atoms with Gasteiger partial charge in [0.25, 0.3) is 0 Å². The molecule has 0 unspecified atom stereocenters. The molecule has 2 aromatic carbocycles. The van der Waals surface area contributed by atoms with E-state index in [4.69, 9.17) is 14.5 Å². The number of ether oxygens (including phenoxy) is 2. The minimum absolute atomic E-state index is 0.509. The SMILES string of the molecule is COc1ccc(-c2nc(-n3cnc4ccccc43)nc3ncccc23)cc1OC. The van der Waals surface area contributed by atoms with Crippen LogP contribution >= 0.6 is 0 Å². The van der Waals surface area contributed by atoms with Crippen LogP contribution in [0, 0.1) is 0 Å². The molecule has 0 radical (unpaired) electrons. The van der Waals surface area contributed by atoms with Crippen LogP contribution in [0.15, 0.2) is 67.1 Å². The number of fused-ring (bicyclic) bond motifs is 2. The van der Waals surface area contributed by atoms with E-state index in [1.807, 2.05) is 59.2 Å². The lowest BCUT2D eigenvalue weighted by Crippen LogP contribution is -2.03. The first-order valence-electron chi connectivity index (χ1n) is 9.06. The number of hydrogen-bond donors (Lipinski definition) is 0. The van der Waals surface area contributed by atoms with Crippen LogP contribution in [0.1, 0.15) is 0 Å². The normalized spacial score (nSPS) is 11.1. The highest BCUT2D eigenvalue weighted by Gasteiger charge is 2.15. The molecule has 0 saturated carbocycles. The molecule has 0 N–H and O–H groups in total. The summed E-state index contributed by atoms with van der Waals surface area (Å²) in [7, 11) is 3.23. The van der Waals surface area contributed by atoms with Crippen molar-refractivity contribution >= 4 is 22.1 Å². The summed E-state index contributed by atoms with van der Waals surface area (Å²) in [5, 5.41) is 0.855. The Hall–Kier alpha value is -4.00. The highest BCUT2D eigenvalue weighted by Crippen LogP contribution is 2.34. The molecule has 0 bridgehead atoms. The van der Waals surface area contributed by atoms with E-state index in [2.05, 4.69) is 15.0 Å². The monoisotopic (exact) mass is 383 g/mol. The fourth-order valence-electron chi connectivity index (χ4n) is 3.38. The summed E-state index contributed by atoms with van der Waals surface area (Å²) >= 11 is 0. The largest absolute Gasteiger partial charge is 0.493 e. The first-order chi connectivity index (χ1) is 14.3. The Balaban J connectivity index is 1.77. The van der Waals surface area contributed by atoms with Crippen LogP contribution in [0.25, 0.3) is 39.3 Å². The Kier molecular flexibility index (Phi) is 4.05. The molecule has 0 atom stereocenters. The van der Waals surface area contributed by atoms with E-state index in [-0.39, 0.29) is 0 Å². The lowest BCUT2D eigenvalue weighted by molar-refractivity contribution is 0.355. The van der Waals surface area contributed by atoms with E-state index in [9.17, 15) is 0 Å². The van der Waals surface area contributed by atoms with Crippen molar-refractivity contribution in [2.24, 2.45) is 0 Å². The Morgan fingerprint density at radius 3 is 2.55 bits per heavy atom. The summed E-state index contributed by atoms with van der Waals surface area (Å²) in [5.74, 6) is 1.80. The topological polar surface area (TPSA) is 75.0 Å². The zero-order valence-corrected chi connectivity index (χ0v) is 15.9. The third kappa shape index (κ3) is 2.84. The van der Waals surface area contributed by atoms with Crippen LogP contribution < -0.4 is 9.47 Å². The molecular weight excluding hydrogens is 366 g/mol. The van der Waals surface area contributed by atoms with Crippen LogP contribution in [-0.4, -0.2) is 38.7 Å². The van der Waals surface area contributed by atoms with Crippen LogP contribution in [0.5, 0.6) is 11.5 Å². The van der Waals surface area contributed by atoms with Crippen LogP contribution in [0.2, 0.25) is 0 Å². The smallest absolute Gasteiger partial charge is 0.238 e. The third-order valence-electron chi connectivity index (χ3n) is 4.79. The van der Waals surface area contributed by atoms with Crippen LogP contribution in [-0.2, 0) is 0 Å². The zero-order valence-electron chi connectivity index (χ0n) is 15.9. The van der Waals surface area contributed by atoms with Crippen molar-refractivity contribution < 1.29 is 9.47 Å². The van der Waals surface area contributed by atoms with E-state index >= 15 is 0 Å². The molecule has 0 aliphatic rings. The van der Waals surface area contributed by atoms with Gasteiger partial charge in [-0.25, -0.2) is 15.0 Å². The predicted molar refractivity (Wildman–Crippen MR) is 111 cm³/mol. The molecule has 0 amide bonds. The summed E-state index contributed by atoms with van der Waals surface area (Å²) in [4.78, 5) is 18.5. The molecule has 7 nitrogen and oxygen atoms in total. The van der Waals surface area contributed by atoms with Gasteiger partial charge in [-0.15, -0.1) is 0 Å². The van der Waals surface area contributed by atoms with Crippen molar-refractivity contribution in [3.8, 4) is 28.7 Å². The number of rotatable bonds is 4. The molecule has 0 aliphatic heterocycles. The van der Waals surface area contributed by atoms with Crippen molar-refractivity contribution in [2.45, 2.75) is 0 Å². The molecule has 3 heterocycles. The summed E-state index contributed by atoms with van der Waals surface area (Å²) in [6.45, 7) is 0. The minimum Gasteiger partial charge on any atom is -0.493 e. The summed E-state index contributed by atoms with van der Waals surface area (Å²) < 4.78 is 12.7. The molecule has 7 heteroatoms. The van der Waals surface area contributed by atoms with Gasteiger partial charge in [-0.2, -0.15) is 4.98 Å². The summed E-state index contributed by atoms with van der Waals surface area (Å²) in [6.07, 6.45) is 3.46. The first kappa shape index (κ1) is 17.1. The molecule has 0 aliphatic carbocycles. The van der Waals surface area contributed by atoms with Crippen molar-refractivity contribution in [1.82, 2.24) is 24.5 Å². The quantitative estimate of drug-likeness (QED) is 0.466. The van der Waals surface area contributed by atoms with Gasteiger partial charge in [0.15, 0.2) is 17.1 Å². The van der Waals surface area contributed by atoms with E-state index < -0.39 is 0 Å². The average molecular weight is 383 g/mol. The summed E-state index contributed by atoms with van der Waals surface area (Å²) in [6, 6.07) is 17.4. The second-order valence-corrected chi connectivity index (χ2v) is 6.42. The third-order valence-corrected chi connectivity index (χ3v) is 4.79. The Bertz CT molecular complexity index is 1350.